The lowest BCUT2D eigenvalue weighted by atomic mass is 10.3. The van der Waals surface area contributed by atoms with Crippen molar-refractivity contribution < 1.29 is 9.69 Å². The van der Waals surface area contributed by atoms with Crippen molar-refractivity contribution in [2.24, 2.45) is 0 Å². The number of ketones is 1. The van der Waals surface area contributed by atoms with E-state index >= 15 is 0 Å². The van der Waals surface area contributed by atoms with Crippen LogP contribution in [0.1, 0.15) is 13.3 Å². The van der Waals surface area contributed by atoms with Gasteiger partial charge in [-0.25, -0.2) is 0 Å². The van der Waals surface area contributed by atoms with Crippen molar-refractivity contribution in [2.75, 3.05) is 39.8 Å². The molecule has 0 aromatic carbocycles. The van der Waals surface area contributed by atoms with Gasteiger partial charge >= 0.3 is 0 Å². The summed E-state index contributed by atoms with van der Waals surface area (Å²) in [7, 11) is 2.22. The van der Waals surface area contributed by atoms with Gasteiger partial charge in [-0.2, -0.15) is 0 Å². The molecule has 1 saturated heterocycles. The highest BCUT2D eigenvalue weighted by atomic mass is 16.1. The number of Topliss-reactive ketones (excluding diaryl/α,β-unsaturated/α-hetero) is 1. The van der Waals surface area contributed by atoms with E-state index in [1.54, 1.807) is 11.8 Å². The highest BCUT2D eigenvalue weighted by Crippen LogP contribution is 1.92. The normalized spacial score (nSPS) is 26.7. The van der Waals surface area contributed by atoms with E-state index in [-0.39, 0.29) is 5.78 Å². The molecule has 1 aliphatic heterocycles. The molecule has 3 heteroatoms. The quantitative estimate of drug-likeness (QED) is 0.564. The second-order valence-electron chi connectivity index (χ2n) is 3.79. The minimum absolute atomic E-state index is 0.287. The van der Waals surface area contributed by atoms with E-state index in [1.165, 1.54) is 19.5 Å². The Balaban J connectivity index is 2.30. The molecule has 0 spiro atoms. The molecule has 0 amide bonds. The molecule has 1 unspecified atom stereocenters. The Labute approximate surface area is 74.3 Å². The minimum Gasteiger partial charge on any atom is -0.336 e. The van der Waals surface area contributed by atoms with Gasteiger partial charge in [-0.15, -0.1) is 0 Å². The van der Waals surface area contributed by atoms with Gasteiger partial charge in [0, 0.05) is 19.5 Å². The van der Waals surface area contributed by atoms with Crippen LogP contribution in [-0.4, -0.2) is 50.5 Å². The summed E-state index contributed by atoms with van der Waals surface area (Å²) in [5, 5.41) is 0. The van der Waals surface area contributed by atoms with Crippen molar-refractivity contribution in [3.05, 3.63) is 0 Å². The van der Waals surface area contributed by atoms with Crippen molar-refractivity contribution in [3.8, 4) is 0 Å². The number of carbonyl (C=O) groups is 1. The predicted octanol–water partition coefficient (Wildman–Crippen LogP) is -1.20. The zero-order valence-corrected chi connectivity index (χ0v) is 8.10. The zero-order valence-electron chi connectivity index (χ0n) is 8.10. The van der Waals surface area contributed by atoms with Crippen LogP contribution in [0.15, 0.2) is 0 Å². The Morgan fingerprint density at radius 1 is 1.42 bits per heavy atom. The van der Waals surface area contributed by atoms with Gasteiger partial charge in [-0.05, 0) is 6.92 Å². The van der Waals surface area contributed by atoms with E-state index in [0.717, 1.165) is 13.1 Å². The average Bonchev–Trinajstić information content (AvgIpc) is 2.15. The van der Waals surface area contributed by atoms with Crippen molar-refractivity contribution in [3.63, 3.8) is 0 Å². The highest BCUT2D eigenvalue weighted by molar-refractivity contribution is 5.77. The molecule has 12 heavy (non-hydrogen) atoms. The number of hydrogen-bond donors (Lipinski definition) is 1. The molecule has 70 valence electrons. The summed E-state index contributed by atoms with van der Waals surface area (Å²) in [6, 6.07) is 0. The van der Waals surface area contributed by atoms with Crippen molar-refractivity contribution in [1.82, 2.24) is 4.90 Å². The lowest BCUT2D eigenvalue weighted by molar-refractivity contribution is -0.877. The molecular weight excluding hydrogens is 152 g/mol. The maximum atomic E-state index is 10.9. The van der Waals surface area contributed by atoms with Gasteiger partial charge < -0.3 is 4.90 Å². The van der Waals surface area contributed by atoms with E-state index in [4.69, 9.17) is 0 Å². The number of quaternary nitrogens is 1. The van der Waals surface area contributed by atoms with Gasteiger partial charge in [0.2, 0.25) is 0 Å². The van der Waals surface area contributed by atoms with Gasteiger partial charge in [0.1, 0.15) is 5.78 Å². The fourth-order valence-corrected chi connectivity index (χ4v) is 1.66. The van der Waals surface area contributed by atoms with E-state index in [2.05, 4.69) is 11.9 Å². The topological polar surface area (TPSA) is 24.8 Å². The predicted molar refractivity (Wildman–Crippen MR) is 48.4 cm³/mol. The van der Waals surface area contributed by atoms with E-state index < -0.39 is 0 Å². The minimum atomic E-state index is 0.287. The van der Waals surface area contributed by atoms with Crippen LogP contribution >= 0.6 is 0 Å². The molecule has 1 heterocycles. The fourth-order valence-electron chi connectivity index (χ4n) is 1.66. The fraction of sp³-hybridized carbons (Fsp3) is 0.889. The first kappa shape index (κ1) is 9.68. The lowest BCUT2D eigenvalue weighted by Crippen LogP contribution is -3.09. The van der Waals surface area contributed by atoms with E-state index in [0.29, 0.717) is 6.54 Å². The maximum Gasteiger partial charge on any atom is 0.143 e. The second kappa shape index (κ2) is 4.58. The summed E-state index contributed by atoms with van der Waals surface area (Å²) in [6.07, 6.45) is 1.22. The smallest absolute Gasteiger partial charge is 0.143 e. The number of carbonyl (C=O) groups excluding carboxylic acids is 1. The zero-order chi connectivity index (χ0) is 8.97. The van der Waals surface area contributed by atoms with Crippen LogP contribution in [0.4, 0.5) is 0 Å². The molecule has 0 saturated carbocycles. The lowest BCUT2D eigenvalue weighted by Gasteiger charge is -2.16. The van der Waals surface area contributed by atoms with Crippen LogP contribution in [0.25, 0.3) is 0 Å². The summed E-state index contributed by atoms with van der Waals surface area (Å²) in [5.41, 5.74) is 0. The van der Waals surface area contributed by atoms with Gasteiger partial charge in [0.15, 0.2) is 0 Å². The van der Waals surface area contributed by atoms with Crippen LogP contribution in [-0.2, 0) is 4.79 Å². The third kappa shape index (κ3) is 3.32. The van der Waals surface area contributed by atoms with E-state index in [1.807, 2.05) is 0 Å². The highest BCUT2D eigenvalue weighted by Gasteiger charge is 2.14. The first-order valence-electron chi connectivity index (χ1n) is 4.71. The molecule has 0 radical (unpaired) electrons. The maximum absolute atomic E-state index is 10.9. The summed E-state index contributed by atoms with van der Waals surface area (Å²) < 4.78 is 0. The number of likely N-dealkylation sites (N-methyl/N-ethyl adjacent to an activating group) is 1. The number of nitrogens with zero attached hydrogens (tertiary/aromatic N) is 1. The van der Waals surface area contributed by atoms with Crippen LogP contribution in [0.3, 0.4) is 0 Å². The molecule has 0 aromatic heterocycles. The molecule has 1 rings (SSSR count). The molecule has 0 bridgehead atoms. The summed E-state index contributed by atoms with van der Waals surface area (Å²) in [4.78, 5) is 14.7. The summed E-state index contributed by atoms with van der Waals surface area (Å²) >= 11 is 0. The summed E-state index contributed by atoms with van der Waals surface area (Å²) in [5.74, 6) is 0.287. The SMILES string of the molecule is CC(=O)CN1CCC[NH+](C)CC1. The molecule has 1 atom stereocenters. The Morgan fingerprint density at radius 3 is 2.83 bits per heavy atom. The van der Waals surface area contributed by atoms with Crippen LogP contribution in [0, 0.1) is 0 Å². The third-order valence-electron chi connectivity index (χ3n) is 2.38. The van der Waals surface area contributed by atoms with Crippen molar-refractivity contribution >= 4 is 5.78 Å². The molecule has 1 fully saturated rings. The Hall–Kier alpha value is -0.410. The second-order valence-corrected chi connectivity index (χ2v) is 3.79. The number of rotatable bonds is 2. The molecular formula is C9H19N2O+. The standard InChI is InChI=1S/C9H18N2O/c1-9(12)8-11-5-3-4-10(2)6-7-11/h3-8H2,1-2H3/p+1. The monoisotopic (exact) mass is 171 g/mol. The van der Waals surface area contributed by atoms with Crippen molar-refractivity contribution in [2.45, 2.75) is 13.3 Å². The van der Waals surface area contributed by atoms with Crippen molar-refractivity contribution in [1.29, 1.82) is 0 Å². The van der Waals surface area contributed by atoms with Crippen LogP contribution in [0.5, 0.6) is 0 Å². The Morgan fingerprint density at radius 2 is 2.17 bits per heavy atom. The van der Waals surface area contributed by atoms with E-state index in [9.17, 15) is 4.79 Å². The third-order valence-corrected chi connectivity index (χ3v) is 2.38. The Kier molecular flexibility index (Phi) is 3.69. The Bertz CT molecular complexity index is 159. The molecule has 0 aliphatic carbocycles. The molecule has 1 aliphatic rings. The van der Waals surface area contributed by atoms with Gasteiger partial charge in [0.25, 0.3) is 0 Å². The number of hydrogen-bond acceptors (Lipinski definition) is 2. The van der Waals surface area contributed by atoms with Gasteiger partial charge in [-0.1, -0.05) is 0 Å². The van der Waals surface area contributed by atoms with Crippen LogP contribution < -0.4 is 4.90 Å². The van der Waals surface area contributed by atoms with Gasteiger partial charge in [-0.3, -0.25) is 9.69 Å². The average molecular weight is 171 g/mol. The first-order valence-corrected chi connectivity index (χ1v) is 4.71. The van der Waals surface area contributed by atoms with Crippen LogP contribution in [0.2, 0.25) is 0 Å². The summed E-state index contributed by atoms with van der Waals surface area (Å²) in [6.45, 7) is 6.90. The molecule has 0 aromatic rings. The number of nitrogens with one attached hydrogen (secondary N) is 1. The molecule has 1 N–H and O–H groups in total. The molecule has 3 nitrogen and oxygen atoms in total. The largest absolute Gasteiger partial charge is 0.336 e. The van der Waals surface area contributed by atoms with Gasteiger partial charge in [0.05, 0.1) is 26.7 Å². The first-order chi connectivity index (χ1) is 5.68.